The van der Waals surface area contributed by atoms with Crippen molar-refractivity contribution in [2.75, 3.05) is 6.61 Å². The van der Waals surface area contributed by atoms with Gasteiger partial charge in [0, 0.05) is 13.2 Å². The molecule has 6 nitrogen and oxygen atoms in total. The zero-order chi connectivity index (χ0) is 12.8. The number of nitrogens with zero attached hydrogens (tertiary/aromatic N) is 3. The molecule has 6 heteroatoms. The fourth-order valence-corrected chi connectivity index (χ4v) is 1.74. The summed E-state index contributed by atoms with van der Waals surface area (Å²) in [6.07, 6.45) is 2.18. The Kier molecular flexibility index (Phi) is 5.09. The van der Waals surface area contributed by atoms with Crippen LogP contribution < -0.4 is 0 Å². The smallest absolute Gasteiger partial charge is 0.358 e. The van der Waals surface area contributed by atoms with E-state index in [1.165, 1.54) is 0 Å². The first-order chi connectivity index (χ1) is 8.10. The SMILES string of the molecule is CCCc1c(C(=O)O)nnn1CC(C)CCO. The number of aliphatic hydroxyl groups is 1. The maximum absolute atomic E-state index is 11.0. The summed E-state index contributed by atoms with van der Waals surface area (Å²) in [6.45, 7) is 4.70. The Morgan fingerprint density at radius 2 is 2.24 bits per heavy atom. The van der Waals surface area contributed by atoms with E-state index in [0.29, 0.717) is 25.1 Å². The van der Waals surface area contributed by atoms with E-state index < -0.39 is 5.97 Å². The van der Waals surface area contributed by atoms with Crippen LogP contribution in [0.2, 0.25) is 0 Å². The van der Waals surface area contributed by atoms with Gasteiger partial charge < -0.3 is 10.2 Å². The molecule has 1 atom stereocenters. The van der Waals surface area contributed by atoms with E-state index in [4.69, 9.17) is 10.2 Å². The van der Waals surface area contributed by atoms with Gasteiger partial charge in [0.2, 0.25) is 0 Å². The topological polar surface area (TPSA) is 88.2 Å². The number of carbonyl (C=O) groups is 1. The molecule has 0 radical (unpaired) electrons. The molecule has 0 amide bonds. The fourth-order valence-electron chi connectivity index (χ4n) is 1.74. The zero-order valence-electron chi connectivity index (χ0n) is 10.3. The van der Waals surface area contributed by atoms with E-state index in [2.05, 4.69) is 10.3 Å². The van der Waals surface area contributed by atoms with Gasteiger partial charge in [-0.05, 0) is 18.8 Å². The molecule has 1 unspecified atom stereocenters. The molecular formula is C11H19N3O3. The van der Waals surface area contributed by atoms with E-state index in [1.54, 1.807) is 4.68 Å². The second-order valence-corrected chi connectivity index (χ2v) is 4.24. The third-order valence-electron chi connectivity index (χ3n) is 2.63. The maximum atomic E-state index is 11.0. The van der Waals surface area contributed by atoms with Gasteiger partial charge in [0.1, 0.15) is 0 Å². The lowest BCUT2D eigenvalue weighted by molar-refractivity contribution is 0.0689. The zero-order valence-corrected chi connectivity index (χ0v) is 10.3. The molecule has 0 saturated carbocycles. The van der Waals surface area contributed by atoms with Crippen LogP contribution in [0.3, 0.4) is 0 Å². The summed E-state index contributed by atoms with van der Waals surface area (Å²) in [4.78, 5) is 11.0. The Morgan fingerprint density at radius 3 is 2.76 bits per heavy atom. The second kappa shape index (κ2) is 6.34. The number of aromatic nitrogens is 3. The van der Waals surface area contributed by atoms with Crippen LogP contribution in [0.1, 0.15) is 42.9 Å². The van der Waals surface area contributed by atoms with Crippen LogP contribution in [-0.2, 0) is 13.0 Å². The molecule has 0 saturated heterocycles. The highest BCUT2D eigenvalue weighted by Gasteiger charge is 2.18. The third-order valence-corrected chi connectivity index (χ3v) is 2.63. The van der Waals surface area contributed by atoms with Crippen molar-refractivity contribution in [3.8, 4) is 0 Å². The summed E-state index contributed by atoms with van der Waals surface area (Å²) in [5.74, 6) is -0.784. The predicted octanol–water partition coefficient (Wildman–Crippen LogP) is 0.947. The minimum absolute atomic E-state index is 0.0445. The Morgan fingerprint density at radius 1 is 1.53 bits per heavy atom. The highest BCUT2D eigenvalue weighted by molar-refractivity contribution is 5.86. The molecule has 1 aromatic heterocycles. The monoisotopic (exact) mass is 241 g/mol. The Hall–Kier alpha value is -1.43. The Balaban J connectivity index is 2.87. The highest BCUT2D eigenvalue weighted by atomic mass is 16.4. The first-order valence-corrected chi connectivity index (χ1v) is 5.86. The summed E-state index contributed by atoms with van der Waals surface area (Å²) in [5, 5.41) is 25.4. The molecule has 0 aliphatic carbocycles. The van der Waals surface area contributed by atoms with Gasteiger partial charge in [-0.15, -0.1) is 5.10 Å². The van der Waals surface area contributed by atoms with Gasteiger partial charge in [-0.2, -0.15) is 0 Å². The number of hydrogen-bond acceptors (Lipinski definition) is 4. The van der Waals surface area contributed by atoms with E-state index in [1.807, 2.05) is 13.8 Å². The van der Waals surface area contributed by atoms with Crippen molar-refractivity contribution in [1.82, 2.24) is 15.0 Å². The Bertz CT molecular complexity index is 376. The van der Waals surface area contributed by atoms with Crippen LogP contribution in [0.25, 0.3) is 0 Å². The molecule has 0 bridgehead atoms. The Labute approximate surface area is 100 Å². The van der Waals surface area contributed by atoms with Crippen LogP contribution in [0.15, 0.2) is 0 Å². The van der Waals surface area contributed by atoms with E-state index >= 15 is 0 Å². The van der Waals surface area contributed by atoms with Crippen LogP contribution in [0, 0.1) is 5.92 Å². The predicted molar refractivity (Wildman–Crippen MR) is 61.8 cm³/mol. The molecule has 0 fully saturated rings. The molecule has 1 aromatic rings. The van der Waals surface area contributed by atoms with Gasteiger partial charge in [0.25, 0.3) is 0 Å². The van der Waals surface area contributed by atoms with Gasteiger partial charge in [-0.25, -0.2) is 9.48 Å². The van der Waals surface area contributed by atoms with E-state index in [-0.39, 0.29) is 18.2 Å². The number of aliphatic hydroxyl groups excluding tert-OH is 1. The van der Waals surface area contributed by atoms with E-state index in [0.717, 1.165) is 6.42 Å². The molecule has 0 aromatic carbocycles. The average molecular weight is 241 g/mol. The molecular weight excluding hydrogens is 222 g/mol. The molecule has 0 aliphatic heterocycles. The van der Waals surface area contributed by atoms with Crippen molar-refractivity contribution in [2.24, 2.45) is 5.92 Å². The second-order valence-electron chi connectivity index (χ2n) is 4.24. The minimum Gasteiger partial charge on any atom is -0.476 e. The standard InChI is InChI=1S/C11H19N3O3/c1-3-4-9-10(11(16)17)12-13-14(9)7-8(2)5-6-15/h8,15H,3-7H2,1-2H3,(H,16,17). The van der Waals surface area contributed by atoms with Gasteiger partial charge in [-0.1, -0.05) is 25.5 Å². The van der Waals surface area contributed by atoms with Crippen LogP contribution in [0.5, 0.6) is 0 Å². The lowest BCUT2D eigenvalue weighted by Gasteiger charge is -2.11. The highest BCUT2D eigenvalue weighted by Crippen LogP contribution is 2.12. The number of carboxylic acids is 1. The average Bonchev–Trinajstić information content (AvgIpc) is 2.63. The van der Waals surface area contributed by atoms with Crippen molar-refractivity contribution in [1.29, 1.82) is 0 Å². The third kappa shape index (κ3) is 3.52. The van der Waals surface area contributed by atoms with Crippen molar-refractivity contribution in [3.05, 3.63) is 11.4 Å². The summed E-state index contributed by atoms with van der Waals surface area (Å²) in [6, 6.07) is 0. The molecule has 96 valence electrons. The summed E-state index contributed by atoms with van der Waals surface area (Å²) < 4.78 is 1.65. The van der Waals surface area contributed by atoms with Gasteiger partial charge in [-0.3, -0.25) is 0 Å². The molecule has 0 spiro atoms. The molecule has 17 heavy (non-hydrogen) atoms. The van der Waals surface area contributed by atoms with Crippen LogP contribution in [-0.4, -0.2) is 37.8 Å². The number of aromatic carboxylic acids is 1. The minimum atomic E-state index is -1.03. The summed E-state index contributed by atoms with van der Waals surface area (Å²) in [7, 11) is 0. The number of carboxylic acid groups (broad SMARTS) is 1. The molecule has 0 aliphatic rings. The van der Waals surface area contributed by atoms with Crippen molar-refractivity contribution in [2.45, 2.75) is 39.7 Å². The fraction of sp³-hybridized carbons (Fsp3) is 0.727. The largest absolute Gasteiger partial charge is 0.476 e. The van der Waals surface area contributed by atoms with Crippen LogP contribution >= 0.6 is 0 Å². The molecule has 1 heterocycles. The van der Waals surface area contributed by atoms with Crippen molar-refractivity contribution >= 4 is 5.97 Å². The normalized spacial score (nSPS) is 12.6. The van der Waals surface area contributed by atoms with Crippen molar-refractivity contribution < 1.29 is 15.0 Å². The molecule has 1 rings (SSSR count). The number of rotatable bonds is 7. The van der Waals surface area contributed by atoms with Crippen LogP contribution in [0.4, 0.5) is 0 Å². The van der Waals surface area contributed by atoms with E-state index in [9.17, 15) is 4.79 Å². The summed E-state index contributed by atoms with van der Waals surface area (Å²) in [5.41, 5.74) is 0.716. The summed E-state index contributed by atoms with van der Waals surface area (Å²) >= 11 is 0. The quantitative estimate of drug-likeness (QED) is 0.742. The lowest BCUT2D eigenvalue weighted by Crippen LogP contribution is -2.14. The van der Waals surface area contributed by atoms with Gasteiger partial charge in [0.05, 0.1) is 5.69 Å². The first kappa shape index (κ1) is 13.6. The number of hydrogen-bond donors (Lipinski definition) is 2. The van der Waals surface area contributed by atoms with Gasteiger partial charge in [0.15, 0.2) is 5.69 Å². The van der Waals surface area contributed by atoms with Gasteiger partial charge >= 0.3 is 5.97 Å². The first-order valence-electron chi connectivity index (χ1n) is 5.86. The molecule has 2 N–H and O–H groups in total. The lowest BCUT2D eigenvalue weighted by atomic mass is 10.1. The van der Waals surface area contributed by atoms with Crippen molar-refractivity contribution in [3.63, 3.8) is 0 Å². The maximum Gasteiger partial charge on any atom is 0.358 e.